The van der Waals surface area contributed by atoms with E-state index < -0.39 is 0 Å². The van der Waals surface area contributed by atoms with E-state index in [1.165, 1.54) is 11.8 Å². The fraction of sp³-hybridized carbons (Fsp3) is 0.444. The van der Waals surface area contributed by atoms with Gasteiger partial charge in [0.25, 0.3) is 5.24 Å². The number of carbonyl (C=O) groups is 1. The number of halogens is 1. The summed E-state index contributed by atoms with van der Waals surface area (Å²) in [6.07, 6.45) is 6.11. The van der Waals surface area contributed by atoms with Crippen molar-refractivity contribution in [3.05, 3.63) is 22.7 Å². The molecule has 70 valence electrons. The van der Waals surface area contributed by atoms with Gasteiger partial charge >= 0.3 is 0 Å². The van der Waals surface area contributed by atoms with Crippen LogP contribution in [-0.2, 0) is 0 Å². The lowest BCUT2D eigenvalue weighted by Gasteiger charge is -2.26. The van der Waals surface area contributed by atoms with Gasteiger partial charge in [0.1, 0.15) is 0 Å². The summed E-state index contributed by atoms with van der Waals surface area (Å²) in [6.45, 7) is 2.79. The van der Waals surface area contributed by atoms with Crippen LogP contribution in [0.4, 0.5) is 4.79 Å². The molecule has 1 aliphatic heterocycles. The molecule has 0 aromatic heterocycles. The first kappa shape index (κ1) is 9.34. The largest absolute Gasteiger partial charge is 0.325 e. The number of hydrogen-bond acceptors (Lipinski definition) is 2. The van der Waals surface area contributed by atoms with E-state index in [2.05, 4.69) is 22.0 Å². The lowest BCUT2D eigenvalue weighted by molar-refractivity contribution is 0.221. The van der Waals surface area contributed by atoms with Crippen LogP contribution in [0.3, 0.4) is 0 Å². The second-order valence-electron chi connectivity index (χ2n) is 3.02. The zero-order chi connectivity index (χ0) is 9.42. The first-order chi connectivity index (χ1) is 6.24. The molecule has 1 saturated heterocycles. The van der Waals surface area contributed by atoms with E-state index in [1.54, 1.807) is 0 Å². The highest BCUT2D eigenvalue weighted by Crippen LogP contribution is 2.39. The Hall–Kier alpha value is -0.220. The van der Waals surface area contributed by atoms with Crippen LogP contribution >= 0.6 is 27.7 Å². The predicted molar refractivity (Wildman–Crippen MR) is 59.1 cm³/mol. The molecule has 13 heavy (non-hydrogen) atoms. The Bertz CT molecular complexity index is 300. The third-order valence-corrected chi connectivity index (χ3v) is 4.15. The Morgan fingerprint density at radius 3 is 3.15 bits per heavy atom. The molecule has 2 atom stereocenters. The highest BCUT2D eigenvalue weighted by atomic mass is 79.9. The molecule has 0 aromatic rings. The van der Waals surface area contributed by atoms with Crippen molar-refractivity contribution in [2.24, 2.45) is 0 Å². The van der Waals surface area contributed by atoms with Crippen LogP contribution in [0.5, 0.6) is 0 Å². The van der Waals surface area contributed by atoms with Crippen LogP contribution in [0.1, 0.15) is 6.92 Å². The Morgan fingerprint density at radius 1 is 1.69 bits per heavy atom. The summed E-state index contributed by atoms with van der Waals surface area (Å²) < 4.78 is 1.11. The van der Waals surface area contributed by atoms with E-state index in [4.69, 9.17) is 0 Å². The molecule has 1 heterocycles. The number of carbonyl (C=O) groups excluding carboxylic acids is 1. The Balaban J connectivity index is 2.30. The zero-order valence-corrected chi connectivity index (χ0v) is 9.64. The van der Waals surface area contributed by atoms with Gasteiger partial charge in [-0.15, -0.1) is 0 Å². The van der Waals surface area contributed by atoms with Crippen LogP contribution in [0.15, 0.2) is 22.7 Å². The molecule has 2 unspecified atom stereocenters. The average molecular weight is 260 g/mol. The molecule has 0 N–H and O–H groups in total. The molecule has 0 saturated carbocycles. The molecule has 2 aliphatic rings. The topological polar surface area (TPSA) is 20.3 Å². The van der Waals surface area contributed by atoms with Crippen molar-refractivity contribution in [1.29, 1.82) is 0 Å². The summed E-state index contributed by atoms with van der Waals surface area (Å²) in [5.74, 6) is 0. The summed E-state index contributed by atoms with van der Waals surface area (Å²) in [4.78, 5) is 13.4. The molecule has 0 bridgehead atoms. The molecule has 4 heteroatoms. The van der Waals surface area contributed by atoms with E-state index in [9.17, 15) is 4.79 Å². The fourth-order valence-electron chi connectivity index (χ4n) is 1.67. The number of rotatable bonds is 1. The minimum absolute atomic E-state index is 0.189. The molecule has 0 radical (unpaired) electrons. The summed E-state index contributed by atoms with van der Waals surface area (Å²) >= 11 is 4.92. The van der Waals surface area contributed by atoms with Gasteiger partial charge in [0, 0.05) is 11.0 Å². The quantitative estimate of drug-likeness (QED) is 0.722. The number of allylic oxidation sites excluding steroid dienone is 2. The SMILES string of the molecule is CCN1C(=O)SC2C=CC=C(Br)C21. The molecule has 2 rings (SSSR count). The van der Waals surface area contributed by atoms with Crippen molar-refractivity contribution in [3.8, 4) is 0 Å². The number of fused-ring (bicyclic) bond motifs is 1. The van der Waals surface area contributed by atoms with Crippen molar-refractivity contribution >= 4 is 32.9 Å². The highest BCUT2D eigenvalue weighted by Gasteiger charge is 2.40. The number of amides is 1. The minimum Gasteiger partial charge on any atom is -0.325 e. The molecular weight excluding hydrogens is 250 g/mol. The van der Waals surface area contributed by atoms with E-state index >= 15 is 0 Å². The van der Waals surface area contributed by atoms with Crippen LogP contribution in [0.25, 0.3) is 0 Å². The fourth-order valence-corrected chi connectivity index (χ4v) is 3.73. The van der Waals surface area contributed by atoms with E-state index in [0.29, 0.717) is 5.25 Å². The lowest BCUT2D eigenvalue weighted by atomic mass is 10.1. The summed E-state index contributed by atoms with van der Waals surface area (Å²) in [5.41, 5.74) is 0. The second kappa shape index (κ2) is 3.50. The maximum absolute atomic E-state index is 11.5. The van der Waals surface area contributed by atoms with E-state index in [-0.39, 0.29) is 11.3 Å². The summed E-state index contributed by atoms with van der Waals surface area (Å²) in [6, 6.07) is 0.229. The minimum atomic E-state index is 0.189. The summed E-state index contributed by atoms with van der Waals surface area (Å²) in [5, 5.41) is 0.487. The van der Waals surface area contributed by atoms with Gasteiger partial charge in [0.2, 0.25) is 0 Å². The molecule has 1 fully saturated rings. The van der Waals surface area contributed by atoms with Crippen molar-refractivity contribution in [2.45, 2.75) is 18.2 Å². The molecule has 1 aliphatic carbocycles. The van der Waals surface area contributed by atoms with Crippen molar-refractivity contribution in [1.82, 2.24) is 4.90 Å². The lowest BCUT2D eigenvalue weighted by Crippen LogP contribution is -2.36. The first-order valence-corrected chi connectivity index (χ1v) is 5.92. The smallest absolute Gasteiger partial charge is 0.282 e. The Morgan fingerprint density at radius 2 is 2.46 bits per heavy atom. The number of thioether (sulfide) groups is 1. The van der Waals surface area contributed by atoms with E-state index in [1.807, 2.05) is 24.0 Å². The third-order valence-electron chi connectivity index (χ3n) is 2.30. The van der Waals surface area contributed by atoms with Crippen molar-refractivity contribution in [2.75, 3.05) is 6.54 Å². The highest BCUT2D eigenvalue weighted by molar-refractivity contribution is 9.11. The maximum Gasteiger partial charge on any atom is 0.282 e. The molecule has 2 nitrogen and oxygen atoms in total. The van der Waals surface area contributed by atoms with Gasteiger partial charge in [-0.2, -0.15) is 0 Å². The average Bonchev–Trinajstić information content (AvgIpc) is 2.42. The summed E-state index contributed by atoms with van der Waals surface area (Å²) in [7, 11) is 0. The van der Waals surface area contributed by atoms with Crippen LogP contribution in [-0.4, -0.2) is 28.0 Å². The number of hydrogen-bond donors (Lipinski definition) is 0. The van der Waals surface area contributed by atoms with Gasteiger partial charge in [0.15, 0.2) is 0 Å². The van der Waals surface area contributed by atoms with Gasteiger partial charge in [-0.3, -0.25) is 4.79 Å². The van der Waals surface area contributed by atoms with Crippen LogP contribution < -0.4 is 0 Å². The van der Waals surface area contributed by atoms with Crippen molar-refractivity contribution < 1.29 is 4.79 Å². The monoisotopic (exact) mass is 259 g/mol. The number of nitrogens with zero attached hydrogens (tertiary/aromatic N) is 1. The van der Waals surface area contributed by atoms with Gasteiger partial charge in [-0.1, -0.05) is 45.9 Å². The van der Waals surface area contributed by atoms with Gasteiger partial charge in [0.05, 0.1) is 11.3 Å². The molecule has 0 aromatic carbocycles. The Labute approximate surface area is 90.2 Å². The number of likely N-dealkylation sites (N-methyl/N-ethyl adjacent to an activating group) is 1. The van der Waals surface area contributed by atoms with Gasteiger partial charge in [-0.25, -0.2) is 0 Å². The second-order valence-corrected chi connectivity index (χ2v) is 5.06. The predicted octanol–water partition coefficient (Wildman–Crippen LogP) is 2.76. The van der Waals surface area contributed by atoms with Gasteiger partial charge < -0.3 is 4.90 Å². The van der Waals surface area contributed by atoms with E-state index in [0.717, 1.165) is 11.0 Å². The standard InChI is InChI=1S/C9H10BrNOS/c1-2-11-8-6(10)4-3-5-7(8)13-9(11)12/h3-5,7-8H,2H2,1H3. The zero-order valence-electron chi connectivity index (χ0n) is 7.24. The van der Waals surface area contributed by atoms with Crippen LogP contribution in [0, 0.1) is 0 Å². The van der Waals surface area contributed by atoms with Gasteiger partial charge in [-0.05, 0) is 6.92 Å². The van der Waals surface area contributed by atoms with Crippen LogP contribution in [0.2, 0.25) is 0 Å². The maximum atomic E-state index is 11.5. The first-order valence-electron chi connectivity index (χ1n) is 4.25. The molecule has 1 amide bonds. The molecule has 0 spiro atoms. The normalized spacial score (nSPS) is 32.0. The molecular formula is C9H10BrNOS. The Kier molecular flexibility index (Phi) is 2.51. The third kappa shape index (κ3) is 1.46. The van der Waals surface area contributed by atoms with Crippen molar-refractivity contribution in [3.63, 3.8) is 0 Å².